The molecule has 76 valence electrons. The van der Waals surface area contributed by atoms with Crippen LogP contribution in [0.1, 0.15) is 33.6 Å². The van der Waals surface area contributed by atoms with Gasteiger partial charge in [-0.15, -0.1) is 0 Å². The molecule has 0 spiro atoms. The Balaban J connectivity index is 2.32. The van der Waals surface area contributed by atoms with Crippen LogP contribution in [0.4, 0.5) is 0 Å². The Bertz CT molecular complexity index is 180. The summed E-state index contributed by atoms with van der Waals surface area (Å²) in [6, 6.07) is 0.585. The summed E-state index contributed by atoms with van der Waals surface area (Å²) in [5, 5.41) is 4.59. The summed E-state index contributed by atoms with van der Waals surface area (Å²) in [5.74, 6) is 1.97. The average molecular weight is 200 g/mol. The molecule has 0 radical (unpaired) electrons. The maximum atomic E-state index is 4.53. The summed E-state index contributed by atoms with van der Waals surface area (Å²) in [6.45, 7) is 7.70. The molecule has 2 atom stereocenters. The Labute approximate surface area is 85.6 Å². The van der Waals surface area contributed by atoms with Crippen molar-refractivity contribution < 1.29 is 0 Å². The lowest BCUT2D eigenvalue weighted by Crippen LogP contribution is -2.41. The molecule has 1 aliphatic heterocycles. The fourth-order valence-corrected chi connectivity index (χ4v) is 2.32. The molecular formula is C10H20N2S. The predicted molar refractivity (Wildman–Crippen MR) is 61.4 cm³/mol. The molecule has 3 heteroatoms. The second kappa shape index (κ2) is 5.53. The summed E-state index contributed by atoms with van der Waals surface area (Å²) < 4.78 is 0. The van der Waals surface area contributed by atoms with E-state index >= 15 is 0 Å². The van der Waals surface area contributed by atoms with E-state index in [1.165, 1.54) is 18.6 Å². The number of unbranched alkanes of at least 4 members (excludes halogenated alkanes) is 1. The van der Waals surface area contributed by atoms with E-state index in [-0.39, 0.29) is 0 Å². The summed E-state index contributed by atoms with van der Waals surface area (Å²) >= 11 is 1.86. The van der Waals surface area contributed by atoms with E-state index in [0.29, 0.717) is 6.04 Å². The molecule has 1 saturated heterocycles. The Kier molecular flexibility index (Phi) is 4.64. The SMILES string of the molecule is CCCCN=C1NC(C)C(C)CS1. The fraction of sp³-hybridized carbons (Fsp3) is 0.900. The first-order chi connectivity index (χ1) is 6.24. The zero-order valence-corrected chi connectivity index (χ0v) is 9.66. The number of hydrogen-bond donors (Lipinski definition) is 1. The van der Waals surface area contributed by atoms with E-state index in [4.69, 9.17) is 0 Å². The largest absolute Gasteiger partial charge is 0.362 e. The van der Waals surface area contributed by atoms with Crippen LogP contribution in [0.25, 0.3) is 0 Å². The molecule has 0 aromatic carbocycles. The van der Waals surface area contributed by atoms with Gasteiger partial charge in [-0.3, -0.25) is 4.99 Å². The van der Waals surface area contributed by atoms with Crippen LogP contribution in [0, 0.1) is 5.92 Å². The molecule has 0 amide bonds. The Morgan fingerprint density at radius 2 is 2.31 bits per heavy atom. The molecule has 2 nitrogen and oxygen atoms in total. The minimum Gasteiger partial charge on any atom is -0.362 e. The van der Waals surface area contributed by atoms with Gasteiger partial charge in [-0.1, -0.05) is 32.0 Å². The highest BCUT2D eigenvalue weighted by molar-refractivity contribution is 8.13. The second-order valence-electron chi connectivity index (χ2n) is 3.76. The van der Waals surface area contributed by atoms with Crippen LogP contribution in [0.3, 0.4) is 0 Å². The van der Waals surface area contributed by atoms with Gasteiger partial charge in [0.05, 0.1) is 0 Å². The van der Waals surface area contributed by atoms with Crippen LogP contribution in [0.5, 0.6) is 0 Å². The van der Waals surface area contributed by atoms with Crippen molar-refractivity contribution in [3.63, 3.8) is 0 Å². The Morgan fingerprint density at radius 1 is 1.54 bits per heavy atom. The van der Waals surface area contributed by atoms with E-state index in [1.54, 1.807) is 0 Å². The monoisotopic (exact) mass is 200 g/mol. The quantitative estimate of drug-likeness (QED) is 0.708. The van der Waals surface area contributed by atoms with Gasteiger partial charge in [0.25, 0.3) is 0 Å². The third kappa shape index (κ3) is 3.59. The van der Waals surface area contributed by atoms with Gasteiger partial charge in [0.15, 0.2) is 5.17 Å². The summed E-state index contributed by atoms with van der Waals surface area (Å²) in [4.78, 5) is 4.53. The number of thioether (sulfide) groups is 1. The first-order valence-electron chi connectivity index (χ1n) is 5.17. The van der Waals surface area contributed by atoms with Crippen LogP contribution in [0.15, 0.2) is 4.99 Å². The Hall–Kier alpha value is -0.180. The molecule has 0 aromatic rings. The molecule has 1 fully saturated rings. The third-order valence-corrected chi connectivity index (χ3v) is 3.67. The Morgan fingerprint density at radius 3 is 2.92 bits per heavy atom. The van der Waals surface area contributed by atoms with Crippen LogP contribution in [-0.2, 0) is 0 Å². The number of nitrogens with one attached hydrogen (secondary N) is 1. The number of aliphatic imine (C=N–C) groups is 1. The first kappa shape index (κ1) is 10.9. The third-order valence-electron chi connectivity index (χ3n) is 2.45. The minimum atomic E-state index is 0.585. The molecule has 1 heterocycles. The normalized spacial score (nSPS) is 31.8. The van der Waals surface area contributed by atoms with Gasteiger partial charge < -0.3 is 5.32 Å². The molecule has 0 aromatic heterocycles. The van der Waals surface area contributed by atoms with E-state index in [1.807, 2.05) is 11.8 Å². The number of amidine groups is 1. The highest BCUT2D eigenvalue weighted by Gasteiger charge is 2.20. The van der Waals surface area contributed by atoms with Crippen molar-refractivity contribution in [2.45, 2.75) is 39.7 Å². The zero-order valence-electron chi connectivity index (χ0n) is 8.84. The predicted octanol–water partition coefficient (Wildman–Crippen LogP) is 2.50. The van der Waals surface area contributed by atoms with Crippen LogP contribution >= 0.6 is 11.8 Å². The highest BCUT2D eigenvalue weighted by Crippen LogP contribution is 2.19. The smallest absolute Gasteiger partial charge is 0.156 e. The summed E-state index contributed by atoms with van der Waals surface area (Å²) in [7, 11) is 0. The van der Waals surface area contributed by atoms with Crippen molar-refractivity contribution in [3.8, 4) is 0 Å². The van der Waals surface area contributed by atoms with E-state index in [2.05, 4.69) is 31.1 Å². The lowest BCUT2D eigenvalue weighted by molar-refractivity contribution is 0.490. The maximum absolute atomic E-state index is 4.53. The molecule has 0 aliphatic carbocycles. The molecule has 1 rings (SSSR count). The van der Waals surface area contributed by atoms with Crippen molar-refractivity contribution in [2.75, 3.05) is 12.3 Å². The van der Waals surface area contributed by atoms with Crippen LogP contribution < -0.4 is 5.32 Å². The average Bonchev–Trinajstić information content (AvgIpc) is 2.12. The van der Waals surface area contributed by atoms with E-state index in [0.717, 1.165) is 17.6 Å². The fourth-order valence-electron chi connectivity index (χ4n) is 1.16. The van der Waals surface area contributed by atoms with Gasteiger partial charge in [0, 0.05) is 18.3 Å². The molecule has 0 bridgehead atoms. The van der Waals surface area contributed by atoms with Crippen molar-refractivity contribution in [3.05, 3.63) is 0 Å². The summed E-state index contributed by atoms with van der Waals surface area (Å²) in [6.07, 6.45) is 2.43. The molecule has 1 N–H and O–H groups in total. The van der Waals surface area contributed by atoms with E-state index in [9.17, 15) is 0 Å². The topological polar surface area (TPSA) is 24.4 Å². The maximum Gasteiger partial charge on any atom is 0.156 e. The van der Waals surface area contributed by atoms with E-state index < -0.39 is 0 Å². The van der Waals surface area contributed by atoms with Gasteiger partial charge >= 0.3 is 0 Å². The van der Waals surface area contributed by atoms with Crippen molar-refractivity contribution in [2.24, 2.45) is 10.9 Å². The minimum absolute atomic E-state index is 0.585. The van der Waals surface area contributed by atoms with Crippen molar-refractivity contribution >= 4 is 16.9 Å². The van der Waals surface area contributed by atoms with Gasteiger partial charge in [-0.25, -0.2) is 0 Å². The van der Waals surface area contributed by atoms with Crippen LogP contribution in [-0.4, -0.2) is 23.5 Å². The highest BCUT2D eigenvalue weighted by atomic mass is 32.2. The number of rotatable bonds is 3. The van der Waals surface area contributed by atoms with Gasteiger partial charge in [-0.05, 0) is 19.3 Å². The van der Waals surface area contributed by atoms with Gasteiger partial charge in [0.1, 0.15) is 0 Å². The molecule has 0 saturated carbocycles. The number of hydrogen-bond acceptors (Lipinski definition) is 2. The first-order valence-corrected chi connectivity index (χ1v) is 6.16. The van der Waals surface area contributed by atoms with Gasteiger partial charge in [0.2, 0.25) is 0 Å². The lowest BCUT2D eigenvalue weighted by atomic mass is 10.1. The number of nitrogens with zero attached hydrogens (tertiary/aromatic N) is 1. The van der Waals surface area contributed by atoms with Gasteiger partial charge in [-0.2, -0.15) is 0 Å². The van der Waals surface area contributed by atoms with Crippen LogP contribution in [0.2, 0.25) is 0 Å². The summed E-state index contributed by atoms with van der Waals surface area (Å²) in [5.41, 5.74) is 0. The molecular weight excluding hydrogens is 180 g/mol. The molecule has 2 unspecified atom stereocenters. The standard InChI is InChI=1S/C10H20N2S/c1-4-5-6-11-10-12-9(3)8(2)7-13-10/h8-9H,4-7H2,1-3H3,(H,11,12). The van der Waals surface area contributed by atoms with Crippen molar-refractivity contribution in [1.82, 2.24) is 5.32 Å². The second-order valence-corrected chi connectivity index (χ2v) is 4.77. The molecule has 13 heavy (non-hydrogen) atoms. The lowest BCUT2D eigenvalue weighted by Gasteiger charge is -2.28. The van der Waals surface area contributed by atoms with Crippen molar-refractivity contribution in [1.29, 1.82) is 0 Å². The zero-order chi connectivity index (χ0) is 9.68. The molecule has 1 aliphatic rings.